The van der Waals surface area contributed by atoms with Crippen LogP contribution in [-0.2, 0) is 11.2 Å². The van der Waals surface area contributed by atoms with Crippen LogP contribution in [-0.4, -0.2) is 20.1 Å². The Kier molecular flexibility index (Phi) is 5.01. The third-order valence-corrected chi connectivity index (χ3v) is 3.75. The Labute approximate surface area is 122 Å². The molecule has 106 valence electrons. The number of aryl methyl sites for hydroxylation is 1. The van der Waals surface area contributed by atoms with E-state index in [0.29, 0.717) is 23.6 Å². The van der Waals surface area contributed by atoms with Crippen molar-refractivity contribution in [3.8, 4) is 11.5 Å². The Bertz CT molecular complexity index is 544. The molecule has 1 heterocycles. The highest BCUT2D eigenvalue weighted by Crippen LogP contribution is 2.25. The zero-order valence-corrected chi connectivity index (χ0v) is 12.3. The van der Waals surface area contributed by atoms with E-state index in [1.54, 1.807) is 43.8 Å². The Balaban J connectivity index is 1.96. The van der Waals surface area contributed by atoms with Crippen molar-refractivity contribution in [3.63, 3.8) is 0 Å². The van der Waals surface area contributed by atoms with Crippen molar-refractivity contribution in [2.75, 3.05) is 19.5 Å². The molecule has 2 rings (SSSR count). The molecule has 0 aliphatic heterocycles. The van der Waals surface area contributed by atoms with Crippen molar-refractivity contribution in [1.82, 2.24) is 0 Å². The number of anilines is 1. The second-order valence-electron chi connectivity index (χ2n) is 4.23. The average Bonchev–Trinajstić information content (AvgIpc) is 2.98. The standard InChI is InChI=1S/C15H17NO3S/c1-18-12-8-11(9-13(10-12)19-2)16-15(17)6-5-14-4-3-7-20-14/h3-4,7-10H,5-6H2,1-2H3,(H,16,17). The Hall–Kier alpha value is -2.01. The molecule has 0 fully saturated rings. The van der Waals surface area contributed by atoms with Gasteiger partial charge in [-0.25, -0.2) is 0 Å². The molecule has 0 atom stereocenters. The van der Waals surface area contributed by atoms with Crippen LogP contribution in [0.3, 0.4) is 0 Å². The molecule has 0 saturated heterocycles. The Morgan fingerprint density at radius 2 is 1.90 bits per heavy atom. The van der Waals surface area contributed by atoms with Gasteiger partial charge in [-0.15, -0.1) is 11.3 Å². The fraction of sp³-hybridized carbons (Fsp3) is 0.267. The summed E-state index contributed by atoms with van der Waals surface area (Å²) in [5, 5.41) is 4.87. The number of methoxy groups -OCH3 is 2. The van der Waals surface area contributed by atoms with E-state index >= 15 is 0 Å². The summed E-state index contributed by atoms with van der Waals surface area (Å²) in [6.07, 6.45) is 1.21. The highest BCUT2D eigenvalue weighted by molar-refractivity contribution is 7.09. The first kappa shape index (κ1) is 14.4. The molecule has 1 aromatic heterocycles. The highest BCUT2D eigenvalue weighted by Gasteiger charge is 2.07. The van der Waals surface area contributed by atoms with Gasteiger partial charge in [0.2, 0.25) is 5.91 Å². The number of amides is 1. The number of benzene rings is 1. The van der Waals surface area contributed by atoms with Gasteiger partial charge in [-0.1, -0.05) is 6.07 Å². The normalized spacial score (nSPS) is 10.1. The molecule has 0 aliphatic carbocycles. The van der Waals surface area contributed by atoms with Crippen LogP contribution >= 0.6 is 11.3 Å². The predicted molar refractivity (Wildman–Crippen MR) is 80.8 cm³/mol. The van der Waals surface area contributed by atoms with E-state index in [-0.39, 0.29) is 5.91 Å². The van der Waals surface area contributed by atoms with Crippen molar-refractivity contribution in [3.05, 3.63) is 40.6 Å². The Morgan fingerprint density at radius 3 is 2.45 bits per heavy atom. The van der Waals surface area contributed by atoms with Gasteiger partial charge in [0.15, 0.2) is 0 Å². The Morgan fingerprint density at radius 1 is 1.20 bits per heavy atom. The summed E-state index contributed by atoms with van der Waals surface area (Å²) in [4.78, 5) is 13.1. The minimum atomic E-state index is -0.0197. The number of nitrogens with one attached hydrogen (secondary N) is 1. The van der Waals surface area contributed by atoms with Gasteiger partial charge in [0.25, 0.3) is 0 Å². The largest absolute Gasteiger partial charge is 0.497 e. The SMILES string of the molecule is COc1cc(NC(=O)CCc2cccs2)cc(OC)c1. The maximum absolute atomic E-state index is 11.9. The van der Waals surface area contributed by atoms with E-state index in [0.717, 1.165) is 6.42 Å². The first-order valence-electron chi connectivity index (χ1n) is 6.26. The second kappa shape index (κ2) is 6.96. The summed E-state index contributed by atoms with van der Waals surface area (Å²) < 4.78 is 10.3. The smallest absolute Gasteiger partial charge is 0.224 e. The van der Waals surface area contributed by atoms with Crippen LogP contribution in [0.15, 0.2) is 35.7 Å². The van der Waals surface area contributed by atoms with Gasteiger partial charge in [-0.2, -0.15) is 0 Å². The number of hydrogen-bond donors (Lipinski definition) is 1. The zero-order valence-electron chi connectivity index (χ0n) is 11.5. The molecule has 20 heavy (non-hydrogen) atoms. The molecule has 5 heteroatoms. The molecular formula is C15H17NO3S. The monoisotopic (exact) mass is 291 g/mol. The van der Waals surface area contributed by atoms with Crippen LogP contribution in [0.1, 0.15) is 11.3 Å². The number of rotatable bonds is 6. The summed E-state index contributed by atoms with van der Waals surface area (Å²) >= 11 is 1.66. The molecule has 0 radical (unpaired) electrons. The van der Waals surface area contributed by atoms with Gasteiger partial charge in [0.1, 0.15) is 11.5 Å². The zero-order chi connectivity index (χ0) is 14.4. The summed E-state index contributed by atoms with van der Waals surface area (Å²) in [6.45, 7) is 0. The molecule has 0 unspecified atom stereocenters. The lowest BCUT2D eigenvalue weighted by molar-refractivity contribution is -0.116. The first-order valence-corrected chi connectivity index (χ1v) is 7.14. The van der Waals surface area contributed by atoms with Gasteiger partial charge in [-0.05, 0) is 17.9 Å². The lowest BCUT2D eigenvalue weighted by atomic mass is 10.2. The lowest BCUT2D eigenvalue weighted by Gasteiger charge is -2.09. The summed E-state index contributed by atoms with van der Waals surface area (Å²) in [6, 6.07) is 9.33. The van der Waals surface area contributed by atoms with Crippen LogP contribution < -0.4 is 14.8 Å². The minimum absolute atomic E-state index is 0.0197. The molecule has 1 aromatic carbocycles. The number of carbonyl (C=O) groups excluding carboxylic acids is 1. The second-order valence-corrected chi connectivity index (χ2v) is 5.26. The maximum atomic E-state index is 11.9. The van der Waals surface area contributed by atoms with Crippen LogP contribution in [0.5, 0.6) is 11.5 Å². The van der Waals surface area contributed by atoms with E-state index in [4.69, 9.17) is 9.47 Å². The van der Waals surface area contributed by atoms with Crippen LogP contribution in [0.25, 0.3) is 0 Å². The topological polar surface area (TPSA) is 47.6 Å². The summed E-state index contributed by atoms with van der Waals surface area (Å²) in [5.41, 5.74) is 0.678. The molecule has 4 nitrogen and oxygen atoms in total. The van der Waals surface area contributed by atoms with E-state index in [9.17, 15) is 4.79 Å². The van der Waals surface area contributed by atoms with Crippen LogP contribution in [0.4, 0.5) is 5.69 Å². The van der Waals surface area contributed by atoms with Gasteiger partial charge in [0.05, 0.1) is 14.2 Å². The molecule has 2 aromatic rings. The number of ether oxygens (including phenoxy) is 2. The molecule has 0 bridgehead atoms. The lowest BCUT2D eigenvalue weighted by Crippen LogP contribution is -2.12. The van der Waals surface area contributed by atoms with Gasteiger partial charge in [-0.3, -0.25) is 4.79 Å². The van der Waals surface area contributed by atoms with Crippen molar-refractivity contribution in [1.29, 1.82) is 0 Å². The number of hydrogen-bond acceptors (Lipinski definition) is 4. The molecular weight excluding hydrogens is 274 g/mol. The van der Waals surface area contributed by atoms with Gasteiger partial charge in [0, 0.05) is 35.2 Å². The maximum Gasteiger partial charge on any atom is 0.224 e. The fourth-order valence-electron chi connectivity index (χ4n) is 1.79. The molecule has 1 N–H and O–H groups in total. The fourth-order valence-corrected chi connectivity index (χ4v) is 2.50. The third kappa shape index (κ3) is 3.99. The highest BCUT2D eigenvalue weighted by atomic mass is 32.1. The number of carbonyl (C=O) groups is 1. The van der Waals surface area contributed by atoms with E-state index < -0.39 is 0 Å². The van der Waals surface area contributed by atoms with E-state index in [1.807, 2.05) is 17.5 Å². The average molecular weight is 291 g/mol. The number of thiophene rings is 1. The molecule has 0 aliphatic rings. The van der Waals surface area contributed by atoms with E-state index in [2.05, 4.69) is 5.32 Å². The van der Waals surface area contributed by atoms with Crippen molar-refractivity contribution in [2.45, 2.75) is 12.8 Å². The van der Waals surface area contributed by atoms with Crippen molar-refractivity contribution in [2.24, 2.45) is 0 Å². The van der Waals surface area contributed by atoms with Crippen molar-refractivity contribution >= 4 is 22.9 Å². The first-order chi connectivity index (χ1) is 9.71. The van der Waals surface area contributed by atoms with Crippen LogP contribution in [0, 0.1) is 0 Å². The predicted octanol–water partition coefficient (Wildman–Crippen LogP) is 3.34. The summed E-state index contributed by atoms with van der Waals surface area (Å²) in [7, 11) is 3.16. The van der Waals surface area contributed by atoms with Gasteiger partial charge < -0.3 is 14.8 Å². The van der Waals surface area contributed by atoms with Gasteiger partial charge >= 0.3 is 0 Å². The van der Waals surface area contributed by atoms with Crippen LogP contribution in [0.2, 0.25) is 0 Å². The molecule has 0 spiro atoms. The molecule has 0 saturated carbocycles. The summed E-state index contributed by atoms with van der Waals surface area (Å²) in [5.74, 6) is 1.28. The minimum Gasteiger partial charge on any atom is -0.497 e. The van der Waals surface area contributed by atoms with Crippen molar-refractivity contribution < 1.29 is 14.3 Å². The molecule has 1 amide bonds. The van der Waals surface area contributed by atoms with E-state index in [1.165, 1.54) is 4.88 Å². The third-order valence-electron chi connectivity index (χ3n) is 2.81. The quantitative estimate of drug-likeness (QED) is 0.888.